The molecule has 4 heterocycles. The molecule has 0 amide bonds. The van der Waals surface area contributed by atoms with Crippen molar-refractivity contribution in [2.75, 3.05) is 36.3 Å². The average Bonchev–Trinajstić information content (AvgIpc) is 3.99. The van der Waals surface area contributed by atoms with Crippen molar-refractivity contribution in [3.8, 4) is 11.5 Å². The van der Waals surface area contributed by atoms with Gasteiger partial charge in [0.15, 0.2) is 11.6 Å². The fourth-order valence-electron chi connectivity index (χ4n) is 7.48. The van der Waals surface area contributed by atoms with Crippen LogP contribution in [-0.2, 0) is 35.3 Å². The standard InChI is InChI=1S/2C22H30N8O3/c2*1-4-5-6-16(12-20(31)32)25-21-17(13(2)24-22(23)26-21)11-15-9-14(7-8-18(15)33-3)10-19-27-29-30-28-19/h2*7-9,16H,4-6,10-12H2,1-3H3,(H,31,32)(H3,23,24,25,26)(H,27,28,29,30)/t2*16-/m10/s1. The fraction of sp³-hybridized carbons (Fsp3) is 0.455. The second kappa shape index (κ2) is 24.5. The summed E-state index contributed by atoms with van der Waals surface area (Å²) < 4.78 is 11.2. The molecule has 0 fully saturated rings. The molecule has 0 bridgehead atoms. The van der Waals surface area contributed by atoms with E-state index in [0.29, 0.717) is 61.8 Å². The molecule has 2 atom stereocenters. The third-order valence-corrected chi connectivity index (χ3v) is 10.7. The number of hydrogen-bond donors (Lipinski definition) is 8. The SMILES string of the molecule is CCCC[C@@H](CC(=O)O)Nc1nc(N)nc(C)c1Cc1cc(Cc2nn[nH]n2)ccc1OC.CCCC[C@H](CC(=O)O)Nc1nc(N)nc(C)c1Cc1cc(Cc2nn[nH]n2)ccc1OC. The molecule has 0 unspecified atom stereocenters. The summed E-state index contributed by atoms with van der Waals surface area (Å²) in [5.74, 6) is 2.28. The third-order valence-electron chi connectivity index (χ3n) is 10.7. The number of nitrogens with zero attached hydrogens (tertiary/aromatic N) is 10. The summed E-state index contributed by atoms with van der Waals surface area (Å²) in [6.45, 7) is 7.88. The number of carboxylic acids is 2. The summed E-state index contributed by atoms with van der Waals surface area (Å²) in [7, 11) is 3.24. The Balaban J connectivity index is 0.000000247. The molecule has 352 valence electrons. The van der Waals surface area contributed by atoms with Crippen LogP contribution in [0, 0.1) is 13.8 Å². The van der Waals surface area contributed by atoms with Crippen molar-refractivity contribution >= 4 is 35.5 Å². The number of H-pyrrole nitrogens is 2. The molecule has 66 heavy (non-hydrogen) atoms. The van der Waals surface area contributed by atoms with Gasteiger partial charge >= 0.3 is 11.9 Å². The van der Waals surface area contributed by atoms with Gasteiger partial charge in [0.2, 0.25) is 11.9 Å². The van der Waals surface area contributed by atoms with E-state index in [0.717, 1.165) is 82.0 Å². The highest BCUT2D eigenvalue weighted by Gasteiger charge is 2.22. The van der Waals surface area contributed by atoms with Crippen LogP contribution >= 0.6 is 0 Å². The number of benzene rings is 2. The number of methoxy groups -OCH3 is 2. The first-order valence-electron chi connectivity index (χ1n) is 21.8. The maximum Gasteiger partial charge on any atom is 0.305 e. The number of rotatable bonds is 24. The predicted octanol–water partition coefficient (Wildman–Crippen LogP) is 5.03. The first-order valence-corrected chi connectivity index (χ1v) is 21.8. The highest BCUT2D eigenvalue weighted by Crippen LogP contribution is 2.31. The second-order valence-corrected chi connectivity index (χ2v) is 15.8. The third kappa shape index (κ3) is 14.8. The number of carboxylic acid groups (broad SMARTS) is 2. The number of anilines is 4. The zero-order chi connectivity index (χ0) is 47.6. The molecule has 0 radical (unpaired) electrons. The van der Waals surface area contributed by atoms with E-state index < -0.39 is 11.9 Å². The minimum absolute atomic E-state index is 0.00803. The zero-order valence-electron chi connectivity index (χ0n) is 38.3. The van der Waals surface area contributed by atoms with Crippen molar-refractivity contribution in [2.45, 2.75) is 117 Å². The lowest BCUT2D eigenvalue weighted by atomic mass is 9.99. The molecule has 6 aromatic rings. The van der Waals surface area contributed by atoms with Gasteiger partial charge in [-0.05, 0) is 61.1 Å². The Bertz CT molecular complexity index is 2310. The quantitative estimate of drug-likeness (QED) is 0.0394. The summed E-state index contributed by atoms with van der Waals surface area (Å²) in [4.78, 5) is 40.3. The van der Waals surface area contributed by atoms with E-state index in [4.69, 9.17) is 20.9 Å². The molecule has 0 saturated carbocycles. The molecule has 22 nitrogen and oxygen atoms in total. The molecule has 6 rings (SSSR count). The normalized spacial score (nSPS) is 11.8. The number of aromatic nitrogens is 12. The van der Waals surface area contributed by atoms with Crippen LogP contribution in [0.15, 0.2) is 36.4 Å². The lowest BCUT2D eigenvalue weighted by Gasteiger charge is -2.21. The first kappa shape index (κ1) is 49.5. The van der Waals surface area contributed by atoms with Crippen LogP contribution < -0.4 is 31.6 Å². The number of carbonyl (C=O) groups is 2. The van der Waals surface area contributed by atoms with Crippen LogP contribution in [0.2, 0.25) is 0 Å². The molecule has 0 saturated heterocycles. The minimum atomic E-state index is -0.861. The van der Waals surface area contributed by atoms with Gasteiger partial charge in [0.1, 0.15) is 23.1 Å². The maximum absolute atomic E-state index is 11.4. The number of nitrogens with one attached hydrogen (secondary N) is 4. The van der Waals surface area contributed by atoms with Gasteiger partial charge in [0.05, 0.1) is 27.1 Å². The molecule has 0 spiro atoms. The Kier molecular flexibility index (Phi) is 18.4. The van der Waals surface area contributed by atoms with Gasteiger partial charge in [0.25, 0.3) is 0 Å². The second-order valence-electron chi connectivity index (χ2n) is 15.8. The molecule has 0 aliphatic carbocycles. The number of nitrogens with two attached hydrogens (primary N) is 2. The number of aromatic amines is 2. The van der Waals surface area contributed by atoms with Crippen molar-refractivity contribution in [1.82, 2.24) is 61.2 Å². The van der Waals surface area contributed by atoms with E-state index >= 15 is 0 Å². The highest BCUT2D eigenvalue weighted by atomic mass is 16.5. The molecule has 2 aromatic carbocycles. The molecule has 10 N–H and O–H groups in total. The Morgan fingerprint density at radius 1 is 0.652 bits per heavy atom. The number of unbranched alkanes of at least 4 members (excludes halogenated alkanes) is 2. The summed E-state index contributed by atoms with van der Waals surface area (Å²) in [5, 5.41) is 53.5. The molecular weight excluding hydrogens is 849 g/mol. The number of ether oxygens (including phenoxy) is 2. The molecule has 22 heteroatoms. The van der Waals surface area contributed by atoms with Gasteiger partial charge in [0, 0.05) is 60.3 Å². The summed E-state index contributed by atoms with van der Waals surface area (Å²) in [5.41, 5.74) is 18.8. The molecule has 0 aliphatic rings. The number of aryl methyl sites for hydroxylation is 2. The zero-order valence-corrected chi connectivity index (χ0v) is 38.3. The summed E-state index contributed by atoms with van der Waals surface area (Å²) in [6, 6.07) is 11.2. The number of tetrazole rings is 2. The molecule has 4 aromatic heterocycles. The van der Waals surface area contributed by atoms with Crippen LogP contribution in [-0.4, -0.2) is 110 Å². The van der Waals surface area contributed by atoms with Gasteiger partial charge < -0.3 is 41.8 Å². The summed E-state index contributed by atoms with van der Waals surface area (Å²) >= 11 is 0. The Labute approximate surface area is 382 Å². The topological polar surface area (TPSA) is 330 Å². The van der Waals surface area contributed by atoms with Crippen molar-refractivity contribution in [3.63, 3.8) is 0 Å². The van der Waals surface area contributed by atoms with Crippen LogP contribution in [0.25, 0.3) is 0 Å². The smallest absolute Gasteiger partial charge is 0.305 e. The van der Waals surface area contributed by atoms with E-state index in [-0.39, 0.29) is 36.8 Å². The van der Waals surface area contributed by atoms with Crippen LogP contribution in [0.1, 0.15) is 122 Å². The average molecular weight is 909 g/mol. The fourth-order valence-corrected chi connectivity index (χ4v) is 7.48. The van der Waals surface area contributed by atoms with E-state index in [9.17, 15) is 19.8 Å². The predicted molar refractivity (Wildman–Crippen MR) is 246 cm³/mol. The summed E-state index contributed by atoms with van der Waals surface area (Å²) in [6.07, 6.45) is 7.18. The van der Waals surface area contributed by atoms with E-state index in [2.05, 4.69) is 85.7 Å². The van der Waals surface area contributed by atoms with E-state index in [1.54, 1.807) is 14.2 Å². The van der Waals surface area contributed by atoms with Gasteiger partial charge in [-0.2, -0.15) is 20.4 Å². The Hall–Kier alpha value is -7.52. The molecule has 0 aliphatic heterocycles. The minimum Gasteiger partial charge on any atom is -0.496 e. The number of aliphatic carboxylic acids is 2. The van der Waals surface area contributed by atoms with Crippen molar-refractivity contribution in [1.29, 1.82) is 0 Å². The van der Waals surface area contributed by atoms with Gasteiger partial charge in [-0.3, -0.25) is 9.59 Å². The van der Waals surface area contributed by atoms with E-state index in [1.807, 2.05) is 50.2 Å². The van der Waals surface area contributed by atoms with E-state index in [1.165, 1.54) is 0 Å². The van der Waals surface area contributed by atoms with Crippen LogP contribution in [0.3, 0.4) is 0 Å². The maximum atomic E-state index is 11.4. The largest absolute Gasteiger partial charge is 0.496 e. The number of hydrogen-bond acceptors (Lipinski definition) is 18. The lowest BCUT2D eigenvalue weighted by molar-refractivity contribution is -0.138. The van der Waals surface area contributed by atoms with Gasteiger partial charge in [-0.25, -0.2) is 9.97 Å². The Morgan fingerprint density at radius 3 is 1.39 bits per heavy atom. The van der Waals surface area contributed by atoms with Gasteiger partial charge in [-0.15, -0.1) is 20.4 Å². The number of nitrogen functional groups attached to an aromatic ring is 2. The Morgan fingerprint density at radius 2 is 1.06 bits per heavy atom. The van der Waals surface area contributed by atoms with Crippen molar-refractivity contribution in [2.24, 2.45) is 0 Å². The van der Waals surface area contributed by atoms with Crippen molar-refractivity contribution < 1.29 is 29.3 Å². The van der Waals surface area contributed by atoms with Gasteiger partial charge in [-0.1, -0.05) is 74.2 Å². The highest BCUT2D eigenvalue weighted by molar-refractivity contribution is 5.69. The monoisotopic (exact) mass is 908 g/mol. The first-order chi connectivity index (χ1) is 31.8. The molecular formula is C44H60N16O6. The van der Waals surface area contributed by atoms with Crippen molar-refractivity contribution in [3.05, 3.63) is 92.8 Å². The van der Waals surface area contributed by atoms with Crippen LogP contribution in [0.4, 0.5) is 23.5 Å². The van der Waals surface area contributed by atoms with Crippen LogP contribution in [0.5, 0.6) is 11.5 Å². The lowest BCUT2D eigenvalue weighted by Crippen LogP contribution is -2.25.